The van der Waals surface area contributed by atoms with E-state index >= 15 is 0 Å². The molecule has 5 nitrogen and oxygen atoms in total. The molecule has 0 aliphatic carbocycles. The van der Waals surface area contributed by atoms with Crippen molar-refractivity contribution in [3.63, 3.8) is 0 Å². The summed E-state index contributed by atoms with van der Waals surface area (Å²) in [4.78, 5) is 9.26. The van der Waals surface area contributed by atoms with Crippen LogP contribution in [0.25, 0.3) is 0 Å². The molecule has 0 spiro atoms. The molecule has 0 unspecified atom stereocenters. The van der Waals surface area contributed by atoms with Crippen LogP contribution >= 0.6 is 0 Å². The van der Waals surface area contributed by atoms with Crippen LogP contribution in [-0.2, 0) is 14.3 Å². The number of aliphatic hydroxyl groups is 1. The van der Waals surface area contributed by atoms with Crippen LogP contribution in [0.4, 0.5) is 0 Å². The number of hydrogen-bond acceptors (Lipinski definition) is 5. The molecule has 0 bridgehead atoms. The summed E-state index contributed by atoms with van der Waals surface area (Å²) in [6, 6.07) is 0. The van der Waals surface area contributed by atoms with Crippen LogP contribution < -0.4 is 0 Å². The molecular weight excluding hydrogens is 199 g/mol. The lowest BCUT2D eigenvalue weighted by atomic mass is 9.88. The molecule has 0 rings (SSSR count). The van der Waals surface area contributed by atoms with Gasteiger partial charge < -0.3 is 14.8 Å². The molecule has 0 fully saturated rings. The molecule has 2 N–H and O–H groups in total. The van der Waals surface area contributed by atoms with Gasteiger partial charge in [0.15, 0.2) is 0 Å². The quantitative estimate of drug-likeness (QED) is 0.395. The molecular formula is C9H21BO5. The largest absolute Gasteiger partial charge is 0.665 e. The maximum atomic E-state index is 9.74. The standard InChI is InChI=1S/C9H21BO5/c1-7(2)13-15-10(12)14-9(5,6)8(3,4)11/h7,11-12H,1-6H3. The van der Waals surface area contributed by atoms with Gasteiger partial charge in [0.25, 0.3) is 0 Å². The van der Waals surface area contributed by atoms with Crippen LogP contribution in [0.3, 0.4) is 0 Å². The van der Waals surface area contributed by atoms with Crippen LogP contribution in [-0.4, -0.2) is 34.8 Å². The Labute approximate surface area is 91.4 Å². The summed E-state index contributed by atoms with van der Waals surface area (Å²) < 4.78 is 5.11. The van der Waals surface area contributed by atoms with Crippen molar-refractivity contribution in [2.45, 2.75) is 58.8 Å². The van der Waals surface area contributed by atoms with Gasteiger partial charge in [0.05, 0.1) is 17.3 Å². The van der Waals surface area contributed by atoms with Crippen LogP contribution in [0, 0.1) is 0 Å². The van der Waals surface area contributed by atoms with E-state index in [2.05, 4.69) is 4.81 Å². The molecule has 0 aromatic heterocycles. The first-order valence-corrected chi connectivity index (χ1v) is 4.96. The second-order valence-corrected chi connectivity index (χ2v) is 4.74. The van der Waals surface area contributed by atoms with Crippen LogP contribution in [0.2, 0.25) is 0 Å². The summed E-state index contributed by atoms with van der Waals surface area (Å²) in [7, 11) is -1.52. The first-order chi connectivity index (χ1) is 6.56. The fraction of sp³-hybridized carbons (Fsp3) is 1.00. The van der Waals surface area contributed by atoms with Crippen molar-refractivity contribution in [3.05, 3.63) is 0 Å². The zero-order chi connectivity index (χ0) is 12.3. The number of hydrogen-bond donors (Lipinski definition) is 2. The normalized spacial score (nSPS) is 13.4. The Bertz CT molecular complexity index is 187. The van der Waals surface area contributed by atoms with E-state index in [1.54, 1.807) is 41.5 Å². The third-order valence-corrected chi connectivity index (χ3v) is 2.20. The molecule has 0 aromatic carbocycles. The second-order valence-electron chi connectivity index (χ2n) is 4.74. The monoisotopic (exact) mass is 220 g/mol. The van der Waals surface area contributed by atoms with Crippen molar-refractivity contribution in [1.29, 1.82) is 0 Å². The van der Waals surface area contributed by atoms with Crippen molar-refractivity contribution in [1.82, 2.24) is 0 Å². The Morgan fingerprint density at radius 1 is 1.13 bits per heavy atom. The van der Waals surface area contributed by atoms with Gasteiger partial charge >= 0.3 is 7.32 Å². The molecule has 0 aliphatic heterocycles. The maximum Gasteiger partial charge on any atom is 0.665 e. The average Bonchev–Trinajstić information content (AvgIpc) is 1.97. The van der Waals surface area contributed by atoms with E-state index in [4.69, 9.17) is 9.54 Å². The predicted octanol–water partition coefficient (Wildman–Crippen LogP) is 0.886. The van der Waals surface area contributed by atoms with E-state index in [1.165, 1.54) is 0 Å². The van der Waals surface area contributed by atoms with Crippen molar-refractivity contribution in [2.75, 3.05) is 0 Å². The van der Waals surface area contributed by atoms with E-state index in [0.29, 0.717) is 0 Å². The summed E-state index contributed by atoms with van der Waals surface area (Å²) in [5.41, 5.74) is -2.05. The molecule has 0 aromatic rings. The zero-order valence-electron chi connectivity index (χ0n) is 10.3. The van der Waals surface area contributed by atoms with Gasteiger partial charge in [0.2, 0.25) is 0 Å². The van der Waals surface area contributed by atoms with E-state index < -0.39 is 18.5 Å². The second kappa shape index (κ2) is 5.27. The lowest BCUT2D eigenvalue weighted by Gasteiger charge is -2.37. The Morgan fingerprint density at radius 2 is 1.60 bits per heavy atom. The Hall–Kier alpha value is -0.135. The minimum Gasteiger partial charge on any atom is -0.400 e. The van der Waals surface area contributed by atoms with E-state index in [-0.39, 0.29) is 6.10 Å². The molecule has 0 saturated heterocycles. The highest BCUT2D eigenvalue weighted by Gasteiger charge is 2.40. The Kier molecular flexibility index (Phi) is 5.22. The SMILES string of the molecule is CC(C)OOB(O)OC(C)(C)C(C)(C)O. The molecule has 0 heterocycles. The third-order valence-electron chi connectivity index (χ3n) is 2.20. The highest BCUT2D eigenvalue weighted by atomic mass is 17.2. The number of rotatable bonds is 6. The molecule has 90 valence electrons. The van der Waals surface area contributed by atoms with Crippen molar-refractivity contribution in [2.24, 2.45) is 0 Å². The summed E-state index contributed by atoms with van der Waals surface area (Å²) in [5, 5.41) is 19.1. The highest BCUT2D eigenvalue weighted by Crippen LogP contribution is 2.25. The third kappa shape index (κ3) is 5.48. The van der Waals surface area contributed by atoms with E-state index in [9.17, 15) is 10.1 Å². The first-order valence-electron chi connectivity index (χ1n) is 4.96. The fourth-order valence-electron chi connectivity index (χ4n) is 0.575. The lowest BCUT2D eigenvalue weighted by Crippen LogP contribution is -2.51. The summed E-state index contributed by atoms with van der Waals surface area (Å²) >= 11 is 0. The van der Waals surface area contributed by atoms with Gasteiger partial charge in [-0.1, -0.05) is 0 Å². The van der Waals surface area contributed by atoms with Gasteiger partial charge in [0, 0.05) is 0 Å². The topological polar surface area (TPSA) is 68.2 Å². The minimum absolute atomic E-state index is 0.173. The van der Waals surface area contributed by atoms with Gasteiger partial charge in [-0.05, 0) is 41.5 Å². The molecule has 0 aliphatic rings. The van der Waals surface area contributed by atoms with Crippen molar-refractivity contribution < 1.29 is 24.5 Å². The molecule has 0 saturated carbocycles. The molecule has 0 atom stereocenters. The van der Waals surface area contributed by atoms with Crippen LogP contribution in [0.5, 0.6) is 0 Å². The van der Waals surface area contributed by atoms with Gasteiger partial charge in [-0.15, -0.1) is 0 Å². The summed E-state index contributed by atoms with van der Waals surface area (Å²) in [6.45, 7) is 9.98. The molecule has 0 radical (unpaired) electrons. The van der Waals surface area contributed by atoms with Crippen molar-refractivity contribution >= 4 is 7.32 Å². The van der Waals surface area contributed by atoms with Crippen molar-refractivity contribution in [3.8, 4) is 0 Å². The van der Waals surface area contributed by atoms with Gasteiger partial charge in [-0.25, -0.2) is 9.69 Å². The van der Waals surface area contributed by atoms with Crippen LogP contribution in [0.1, 0.15) is 41.5 Å². The average molecular weight is 220 g/mol. The molecule has 0 amide bonds. The van der Waals surface area contributed by atoms with Gasteiger partial charge in [-0.3, -0.25) is 0 Å². The summed E-state index contributed by atoms with van der Waals surface area (Å²) in [5.74, 6) is 0. The minimum atomic E-state index is -1.52. The predicted molar refractivity (Wildman–Crippen MR) is 56.7 cm³/mol. The zero-order valence-corrected chi connectivity index (χ0v) is 10.3. The fourth-order valence-corrected chi connectivity index (χ4v) is 0.575. The van der Waals surface area contributed by atoms with Gasteiger partial charge in [0.1, 0.15) is 0 Å². The van der Waals surface area contributed by atoms with Crippen LogP contribution in [0.15, 0.2) is 0 Å². The van der Waals surface area contributed by atoms with E-state index in [0.717, 1.165) is 0 Å². The Morgan fingerprint density at radius 3 is 1.93 bits per heavy atom. The lowest BCUT2D eigenvalue weighted by molar-refractivity contribution is -0.272. The summed E-state index contributed by atoms with van der Waals surface area (Å²) in [6.07, 6.45) is -0.173. The Balaban J connectivity index is 4.11. The smallest absolute Gasteiger partial charge is 0.400 e. The van der Waals surface area contributed by atoms with Gasteiger partial charge in [-0.2, -0.15) is 0 Å². The molecule has 6 heteroatoms. The maximum absolute atomic E-state index is 9.74. The molecule has 15 heavy (non-hydrogen) atoms. The first kappa shape index (κ1) is 14.9. The van der Waals surface area contributed by atoms with E-state index in [1.807, 2.05) is 0 Å². The highest BCUT2D eigenvalue weighted by molar-refractivity contribution is 6.34.